The van der Waals surface area contributed by atoms with Crippen molar-refractivity contribution in [2.24, 2.45) is 0 Å². The Bertz CT molecular complexity index is 814. The fraction of sp³-hybridized carbons (Fsp3) is 0.400. The topological polar surface area (TPSA) is 50.8 Å². The summed E-state index contributed by atoms with van der Waals surface area (Å²) in [4.78, 5) is 14.6. The molecule has 0 bridgehead atoms. The van der Waals surface area contributed by atoms with Gasteiger partial charge < -0.3 is 19.7 Å². The number of amides is 1. The predicted molar refractivity (Wildman–Crippen MR) is 122 cm³/mol. The van der Waals surface area contributed by atoms with E-state index in [-0.39, 0.29) is 5.91 Å². The van der Waals surface area contributed by atoms with Gasteiger partial charge in [0.05, 0.1) is 13.7 Å². The average Bonchev–Trinajstić information content (AvgIpc) is 3.29. The molecule has 0 spiro atoms. The maximum absolute atomic E-state index is 12.1. The average molecular weight is 409 g/mol. The van der Waals surface area contributed by atoms with Crippen molar-refractivity contribution in [3.8, 4) is 11.5 Å². The summed E-state index contributed by atoms with van der Waals surface area (Å²) in [6.45, 7) is 4.43. The van der Waals surface area contributed by atoms with Crippen molar-refractivity contribution >= 4 is 17.7 Å². The van der Waals surface area contributed by atoms with Crippen LogP contribution in [0.15, 0.2) is 54.6 Å². The Labute approximate surface area is 179 Å². The summed E-state index contributed by atoms with van der Waals surface area (Å²) < 4.78 is 11.4. The molecule has 30 heavy (non-hydrogen) atoms. The monoisotopic (exact) mass is 408 g/mol. The number of benzene rings is 2. The first-order valence-corrected chi connectivity index (χ1v) is 10.8. The maximum Gasteiger partial charge on any atom is 0.248 e. The Balaban J connectivity index is 1.42. The van der Waals surface area contributed by atoms with Crippen LogP contribution >= 0.6 is 0 Å². The van der Waals surface area contributed by atoms with Crippen molar-refractivity contribution in [3.05, 3.63) is 60.2 Å². The molecular weight excluding hydrogens is 376 g/mol. The van der Waals surface area contributed by atoms with E-state index in [0.717, 1.165) is 23.4 Å². The molecule has 0 aromatic heterocycles. The van der Waals surface area contributed by atoms with Gasteiger partial charge in [-0.05, 0) is 87.6 Å². The zero-order chi connectivity index (χ0) is 21.0. The van der Waals surface area contributed by atoms with Crippen molar-refractivity contribution < 1.29 is 14.3 Å². The number of ether oxygens (including phenoxy) is 2. The number of unbranched alkanes of at least 4 members (excludes halogenated alkanes) is 2. The highest BCUT2D eigenvalue weighted by molar-refractivity contribution is 6.01. The molecule has 1 amide bonds. The molecule has 0 unspecified atom stereocenters. The lowest BCUT2D eigenvalue weighted by atomic mass is 10.2. The molecule has 3 rings (SSSR count). The Morgan fingerprint density at radius 1 is 1.03 bits per heavy atom. The van der Waals surface area contributed by atoms with Crippen LogP contribution in [0.2, 0.25) is 0 Å². The third-order valence-electron chi connectivity index (χ3n) is 5.23. The summed E-state index contributed by atoms with van der Waals surface area (Å²) in [6.07, 6.45) is 9.44. The van der Waals surface area contributed by atoms with E-state index >= 15 is 0 Å². The Hall–Kier alpha value is -2.79. The lowest BCUT2D eigenvalue weighted by Crippen LogP contribution is -2.20. The summed E-state index contributed by atoms with van der Waals surface area (Å²) in [5, 5.41) is 2.83. The summed E-state index contributed by atoms with van der Waals surface area (Å²) in [7, 11) is 1.63. The van der Waals surface area contributed by atoms with Gasteiger partial charge in [-0.1, -0.05) is 24.3 Å². The molecule has 0 atom stereocenters. The van der Waals surface area contributed by atoms with E-state index in [0.29, 0.717) is 12.4 Å². The van der Waals surface area contributed by atoms with Gasteiger partial charge in [-0.2, -0.15) is 0 Å². The first-order valence-electron chi connectivity index (χ1n) is 10.8. The molecule has 160 valence electrons. The zero-order valence-electron chi connectivity index (χ0n) is 17.8. The Morgan fingerprint density at radius 2 is 1.83 bits per heavy atom. The molecule has 2 aromatic carbocycles. The summed E-state index contributed by atoms with van der Waals surface area (Å²) >= 11 is 0. The molecule has 1 aliphatic heterocycles. The largest absolute Gasteiger partial charge is 0.493 e. The third kappa shape index (κ3) is 7.23. The van der Waals surface area contributed by atoms with Crippen molar-refractivity contribution in [2.45, 2.75) is 32.1 Å². The number of carbonyl (C=O) groups excluding carboxylic acids is 1. The van der Waals surface area contributed by atoms with Gasteiger partial charge in [-0.25, -0.2) is 0 Å². The van der Waals surface area contributed by atoms with Gasteiger partial charge >= 0.3 is 0 Å². The number of nitrogens with zero attached hydrogens (tertiary/aromatic N) is 1. The molecule has 0 aliphatic carbocycles. The maximum atomic E-state index is 12.1. The number of carbonyl (C=O) groups is 1. The van der Waals surface area contributed by atoms with Crippen LogP contribution in [0.5, 0.6) is 11.5 Å². The second-order valence-corrected chi connectivity index (χ2v) is 7.56. The Morgan fingerprint density at radius 3 is 2.60 bits per heavy atom. The number of anilines is 1. The number of likely N-dealkylation sites (tertiary alicyclic amines) is 1. The van der Waals surface area contributed by atoms with E-state index in [1.54, 1.807) is 13.2 Å². The number of hydrogen-bond acceptors (Lipinski definition) is 4. The minimum absolute atomic E-state index is 0.172. The fourth-order valence-electron chi connectivity index (χ4n) is 3.59. The molecular formula is C25H32N2O3. The van der Waals surface area contributed by atoms with Crippen LogP contribution in [0.25, 0.3) is 6.08 Å². The van der Waals surface area contributed by atoms with Gasteiger partial charge in [0.15, 0.2) is 11.5 Å². The van der Waals surface area contributed by atoms with Gasteiger partial charge in [0.2, 0.25) is 5.91 Å². The van der Waals surface area contributed by atoms with E-state index in [9.17, 15) is 4.79 Å². The molecule has 2 aromatic rings. The quantitative estimate of drug-likeness (QED) is 0.420. The van der Waals surface area contributed by atoms with Crippen LogP contribution in [-0.2, 0) is 4.79 Å². The molecule has 1 heterocycles. The van der Waals surface area contributed by atoms with Crippen LogP contribution in [0.1, 0.15) is 37.7 Å². The second-order valence-electron chi connectivity index (χ2n) is 7.56. The molecule has 0 radical (unpaired) electrons. The van der Waals surface area contributed by atoms with Gasteiger partial charge in [0.25, 0.3) is 0 Å². The first-order chi connectivity index (χ1) is 14.7. The SMILES string of the molecule is COc1cc(/C=C/C(=O)Nc2ccccc2)ccc1OCCCCCN1CCCC1. The number of nitrogens with one attached hydrogen (secondary N) is 1. The second kappa shape index (κ2) is 12.0. The van der Waals surface area contributed by atoms with Crippen LogP contribution in [0.4, 0.5) is 5.69 Å². The first kappa shape index (κ1) is 21.9. The summed E-state index contributed by atoms with van der Waals surface area (Å²) in [6, 6.07) is 15.1. The van der Waals surface area contributed by atoms with E-state index in [4.69, 9.17) is 9.47 Å². The standard InChI is InChI=1S/C25H32N2O3/c1-29-24-20-21(13-15-25(28)26-22-10-4-2-5-11-22)12-14-23(24)30-19-9-3-6-16-27-17-7-8-18-27/h2,4-5,10-15,20H,3,6-9,16-19H2,1H3,(H,26,28)/b15-13+. The summed E-state index contributed by atoms with van der Waals surface area (Å²) in [5.41, 5.74) is 1.65. The van der Waals surface area contributed by atoms with Crippen LogP contribution in [0, 0.1) is 0 Å². The number of hydrogen-bond donors (Lipinski definition) is 1. The van der Waals surface area contributed by atoms with Crippen LogP contribution in [0.3, 0.4) is 0 Å². The third-order valence-corrected chi connectivity index (χ3v) is 5.23. The van der Waals surface area contributed by atoms with E-state index in [2.05, 4.69) is 10.2 Å². The van der Waals surface area contributed by atoms with Gasteiger partial charge in [-0.15, -0.1) is 0 Å². The van der Waals surface area contributed by atoms with Crippen LogP contribution < -0.4 is 14.8 Å². The zero-order valence-corrected chi connectivity index (χ0v) is 17.8. The van der Waals surface area contributed by atoms with Crippen molar-refractivity contribution in [3.63, 3.8) is 0 Å². The van der Waals surface area contributed by atoms with Crippen molar-refractivity contribution in [1.29, 1.82) is 0 Å². The lowest BCUT2D eigenvalue weighted by molar-refractivity contribution is -0.111. The van der Waals surface area contributed by atoms with E-state index in [1.165, 1.54) is 51.4 Å². The number of rotatable bonds is 11. The van der Waals surface area contributed by atoms with Crippen molar-refractivity contribution in [2.75, 3.05) is 38.7 Å². The predicted octanol–water partition coefficient (Wildman–Crippen LogP) is 4.99. The molecule has 1 N–H and O–H groups in total. The molecule has 1 aliphatic rings. The van der Waals surface area contributed by atoms with Crippen LogP contribution in [-0.4, -0.2) is 44.2 Å². The number of methoxy groups -OCH3 is 1. The fourth-order valence-corrected chi connectivity index (χ4v) is 3.59. The molecule has 0 saturated carbocycles. The smallest absolute Gasteiger partial charge is 0.248 e. The summed E-state index contributed by atoms with van der Waals surface area (Å²) in [5.74, 6) is 1.25. The minimum atomic E-state index is -0.172. The lowest BCUT2D eigenvalue weighted by Gasteiger charge is -2.14. The molecule has 1 saturated heterocycles. The highest BCUT2D eigenvalue weighted by Crippen LogP contribution is 2.28. The van der Waals surface area contributed by atoms with E-state index < -0.39 is 0 Å². The number of para-hydroxylation sites is 1. The van der Waals surface area contributed by atoms with Gasteiger partial charge in [0.1, 0.15) is 0 Å². The molecule has 5 nitrogen and oxygen atoms in total. The highest BCUT2D eigenvalue weighted by Gasteiger charge is 2.10. The minimum Gasteiger partial charge on any atom is -0.493 e. The highest BCUT2D eigenvalue weighted by atomic mass is 16.5. The van der Waals surface area contributed by atoms with E-state index in [1.807, 2.05) is 48.5 Å². The Kier molecular flexibility index (Phi) is 8.79. The normalized spacial score (nSPS) is 14.2. The molecule has 1 fully saturated rings. The van der Waals surface area contributed by atoms with Gasteiger partial charge in [-0.3, -0.25) is 4.79 Å². The van der Waals surface area contributed by atoms with Gasteiger partial charge in [0, 0.05) is 11.8 Å². The van der Waals surface area contributed by atoms with Crippen molar-refractivity contribution in [1.82, 2.24) is 4.90 Å². The molecule has 5 heteroatoms.